The third-order valence-electron chi connectivity index (χ3n) is 5.67. The number of rotatable bonds is 8. The van der Waals surface area contributed by atoms with Crippen LogP contribution in [-0.4, -0.2) is 18.7 Å². The normalized spacial score (nSPS) is 11.5. The highest BCUT2D eigenvalue weighted by Gasteiger charge is 2.19. The van der Waals surface area contributed by atoms with Gasteiger partial charge in [0.05, 0.1) is 19.8 Å². The van der Waals surface area contributed by atoms with Crippen LogP contribution in [0.4, 0.5) is 0 Å². The molecule has 1 heterocycles. The fraction of sp³-hybridized carbons (Fsp3) is 0.300. The number of carbonyl (C=O) groups excluding carboxylic acids is 1. The van der Waals surface area contributed by atoms with Crippen molar-refractivity contribution >= 4 is 16.9 Å². The Kier molecular flexibility index (Phi) is 7.15. The maximum absolute atomic E-state index is 12.5. The van der Waals surface area contributed by atoms with Gasteiger partial charge in [-0.2, -0.15) is 0 Å². The Morgan fingerprint density at radius 3 is 2.54 bits per heavy atom. The number of fused-ring (bicyclic) bond motifs is 1. The number of furan rings is 1. The Morgan fingerprint density at radius 1 is 0.971 bits per heavy atom. The van der Waals surface area contributed by atoms with E-state index in [0.717, 1.165) is 39.6 Å². The SMILES string of the molecule is CCc1cccc(-c2cc(COc3ccc(OC)cc3CC(=O)OC(C)(C)C)cc3ccoc23)c1. The van der Waals surface area contributed by atoms with Crippen LogP contribution in [0.2, 0.25) is 0 Å². The Balaban J connectivity index is 1.61. The Labute approximate surface area is 206 Å². The molecule has 0 bridgehead atoms. The third-order valence-corrected chi connectivity index (χ3v) is 5.67. The monoisotopic (exact) mass is 472 g/mol. The molecule has 0 aliphatic rings. The number of carbonyl (C=O) groups is 1. The molecule has 0 saturated heterocycles. The molecule has 0 aliphatic carbocycles. The lowest BCUT2D eigenvalue weighted by atomic mass is 9.98. The molecule has 5 heteroatoms. The van der Waals surface area contributed by atoms with E-state index in [-0.39, 0.29) is 12.4 Å². The lowest BCUT2D eigenvalue weighted by Crippen LogP contribution is -2.25. The zero-order valence-corrected chi connectivity index (χ0v) is 21.0. The van der Waals surface area contributed by atoms with Gasteiger partial charge in [-0.25, -0.2) is 0 Å². The number of hydrogen-bond acceptors (Lipinski definition) is 5. The average molecular weight is 473 g/mol. The van der Waals surface area contributed by atoms with Crippen LogP contribution in [0.3, 0.4) is 0 Å². The third kappa shape index (κ3) is 6.04. The summed E-state index contributed by atoms with van der Waals surface area (Å²) in [7, 11) is 1.60. The van der Waals surface area contributed by atoms with Crippen LogP contribution in [0.1, 0.15) is 44.4 Å². The number of methoxy groups -OCH3 is 1. The smallest absolute Gasteiger partial charge is 0.310 e. The first-order valence-electron chi connectivity index (χ1n) is 11.9. The Hall–Kier alpha value is -3.73. The molecule has 4 aromatic rings. The van der Waals surface area contributed by atoms with Gasteiger partial charge in [0.15, 0.2) is 0 Å². The predicted octanol–water partition coefficient (Wildman–Crippen LogP) is 7.13. The molecule has 3 aromatic carbocycles. The van der Waals surface area contributed by atoms with Crippen molar-refractivity contribution in [1.29, 1.82) is 0 Å². The molecule has 5 nitrogen and oxygen atoms in total. The number of hydrogen-bond donors (Lipinski definition) is 0. The highest BCUT2D eigenvalue weighted by atomic mass is 16.6. The lowest BCUT2D eigenvalue weighted by Gasteiger charge is -2.20. The highest BCUT2D eigenvalue weighted by Crippen LogP contribution is 2.33. The summed E-state index contributed by atoms with van der Waals surface area (Å²) >= 11 is 0. The summed E-state index contributed by atoms with van der Waals surface area (Å²) in [4.78, 5) is 12.5. The second-order valence-electron chi connectivity index (χ2n) is 9.56. The minimum atomic E-state index is -0.553. The van der Waals surface area contributed by atoms with E-state index in [0.29, 0.717) is 18.1 Å². The molecule has 0 saturated carbocycles. The summed E-state index contributed by atoms with van der Waals surface area (Å²) in [6.45, 7) is 8.06. The molecule has 0 unspecified atom stereocenters. The quantitative estimate of drug-likeness (QED) is 0.255. The number of esters is 1. The molecule has 0 atom stereocenters. The number of benzene rings is 3. The van der Waals surface area contributed by atoms with Crippen molar-refractivity contribution < 1.29 is 23.4 Å². The fourth-order valence-corrected chi connectivity index (χ4v) is 4.06. The molecule has 182 valence electrons. The van der Waals surface area contributed by atoms with Crippen LogP contribution in [0.5, 0.6) is 11.5 Å². The van der Waals surface area contributed by atoms with Gasteiger partial charge in [0.2, 0.25) is 0 Å². The van der Waals surface area contributed by atoms with Crippen LogP contribution in [0.15, 0.2) is 71.3 Å². The second kappa shape index (κ2) is 10.3. The van der Waals surface area contributed by atoms with Crippen molar-refractivity contribution in [3.8, 4) is 22.6 Å². The fourth-order valence-electron chi connectivity index (χ4n) is 4.06. The molecular weight excluding hydrogens is 440 g/mol. The van der Waals surface area contributed by atoms with E-state index in [9.17, 15) is 4.79 Å². The van der Waals surface area contributed by atoms with Gasteiger partial charge >= 0.3 is 5.97 Å². The van der Waals surface area contributed by atoms with E-state index in [1.165, 1.54) is 5.56 Å². The topological polar surface area (TPSA) is 57.9 Å². The van der Waals surface area contributed by atoms with E-state index in [2.05, 4.69) is 43.3 Å². The van der Waals surface area contributed by atoms with Crippen molar-refractivity contribution in [1.82, 2.24) is 0 Å². The van der Waals surface area contributed by atoms with Crippen molar-refractivity contribution in [2.24, 2.45) is 0 Å². The Bertz CT molecular complexity index is 1330. The molecule has 0 N–H and O–H groups in total. The van der Waals surface area contributed by atoms with Crippen molar-refractivity contribution in [2.75, 3.05) is 7.11 Å². The summed E-state index contributed by atoms with van der Waals surface area (Å²) < 4.78 is 22.9. The minimum absolute atomic E-state index is 0.0969. The van der Waals surface area contributed by atoms with Crippen molar-refractivity contribution in [3.63, 3.8) is 0 Å². The Morgan fingerprint density at radius 2 is 1.80 bits per heavy atom. The summed E-state index contributed by atoms with van der Waals surface area (Å²) in [5.74, 6) is 0.973. The van der Waals surface area contributed by atoms with Gasteiger partial charge in [-0.15, -0.1) is 0 Å². The van der Waals surface area contributed by atoms with Gasteiger partial charge in [0.25, 0.3) is 0 Å². The molecule has 35 heavy (non-hydrogen) atoms. The largest absolute Gasteiger partial charge is 0.497 e. The van der Waals surface area contributed by atoms with Gasteiger partial charge in [0.1, 0.15) is 29.3 Å². The summed E-state index contributed by atoms with van der Waals surface area (Å²) in [5, 5.41) is 1.02. The lowest BCUT2D eigenvalue weighted by molar-refractivity contribution is -0.153. The maximum atomic E-state index is 12.5. The van der Waals surface area contributed by atoms with E-state index < -0.39 is 5.60 Å². The van der Waals surface area contributed by atoms with E-state index >= 15 is 0 Å². The summed E-state index contributed by atoms with van der Waals surface area (Å²) in [5.41, 5.74) is 5.45. The van der Waals surface area contributed by atoms with Crippen molar-refractivity contribution in [3.05, 3.63) is 83.6 Å². The van der Waals surface area contributed by atoms with Gasteiger partial charge in [-0.1, -0.05) is 31.2 Å². The standard InChI is InChI=1S/C30H32O5/c1-6-20-8-7-9-22(14-20)26-16-21(15-23-12-13-33-29(23)26)19-34-27-11-10-25(32-5)17-24(27)18-28(31)35-30(2,3)4/h7-17H,6,18-19H2,1-5H3. The molecule has 1 aromatic heterocycles. The molecular formula is C30H32O5. The molecule has 0 fully saturated rings. The maximum Gasteiger partial charge on any atom is 0.310 e. The predicted molar refractivity (Wildman–Crippen MR) is 138 cm³/mol. The molecule has 0 aliphatic heterocycles. The van der Waals surface area contributed by atoms with Gasteiger partial charge in [-0.3, -0.25) is 4.79 Å². The van der Waals surface area contributed by atoms with E-state index in [1.54, 1.807) is 13.4 Å². The van der Waals surface area contributed by atoms with Gasteiger partial charge < -0.3 is 18.6 Å². The molecule has 0 amide bonds. The van der Waals surface area contributed by atoms with Crippen LogP contribution in [-0.2, 0) is 29.0 Å². The van der Waals surface area contributed by atoms with Gasteiger partial charge in [-0.05, 0) is 80.3 Å². The van der Waals surface area contributed by atoms with Crippen LogP contribution in [0, 0.1) is 0 Å². The first-order chi connectivity index (χ1) is 16.8. The first kappa shape index (κ1) is 24.4. The zero-order chi connectivity index (χ0) is 25.0. The zero-order valence-electron chi connectivity index (χ0n) is 21.0. The van der Waals surface area contributed by atoms with E-state index in [4.69, 9.17) is 18.6 Å². The van der Waals surface area contributed by atoms with Crippen molar-refractivity contribution in [2.45, 2.75) is 52.7 Å². The second-order valence-corrected chi connectivity index (χ2v) is 9.56. The minimum Gasteiger partial charge on any atom is -0.497 e. The van der Waals surface area contributed by atoms with Crippen LogP contribution < -0.4 is 9.47 Å². The van der Waals surface area contributed by atoms with Crippen LogP contribution >= 0.6 is 0 Å². The average Bonchev–Trinajstić information content (AvgIpc) is 3.30. The summed E-state index contributed by atoms with van der Waals surface area (Å²) in [6.07, 6.45) is 2.78. The summed E-state index contributed by atoms with van der Waals surface area (Å²) in [6, 6.07) is 20.1. The van der Waals surface area contributed by atoms with E-state index in [1.807, 2.05) is 45.0 Å². The van der Waals surface area contributed by atoms with Gasteiger partial charge in [0, 0.05) is 16.5 Å². The first-order valence-corrected chi connectivity index (χ1v) is 11.9. The number of aryl methyl sites for hydroxylation is 1. The molecule has 0 radical (unpaired) electrons. The molecule has 4 rings (SSSR count). The highest BCUT2D eigenvalue weighted by molar-refractivity contribution is 5.93. The number of ether oxygens (including phenoxy) is 3. The van der Waals surface area contributed by atoms with Crippen LogP contribution in [0.25, 0.3) is 22.1 Å². The molecule has 0 spiro atoms.